The zero-order chi connectivity index (χ0) is 10.1. The second kappa shape index (κ2) is 3.58. The minimum absolute atomic E-state index is 0.254. The molecule has 0 aliphatic carbocycles. The van der Waals surface area contributed by atoms with Crippen molar-refractivity contribution in [3.8, 4) is 5.75 Å². The van der Waals surface area contributed by atoms with Gasteiger partial charge in [-0.2, -0.15) is 0 Å². The van der Waals surface area contributed by atoms with Crippen LogP contribution >= 0.6 is 0 Å². The Labute approximate surface area is 83.3 Å². The number of methoxy groups -OCH3 is 1. The fourth-order valence-electron chi connectivity index (χ4n) is 1.96. The van der Waals surface area contributed by atoms with Crippen LogP contribution in [0, 0.1) is 5.82 Å². The summed E-state index contributed by atoms with van der Waals surface area (Å²) in [6.45, 7) is 1.85. The van der Waals surface area contributed by atoms with Gasteiger partial charge in [0.25, 0.3) is 0 Å². The smallest absolute Gasteiger partial charge is 0.165 e. The van der Waals surface area contributed by atoms with E-state index in [1.54, 1.807) is 0 Å². The van der Waals surface area contributed by atoms with Crippen molar-refractivity contribution in [1.82, 2.24) is 4.90 Å². The highest BCUT2D eigenvalue weighted by Gasteiger charge is 2.19. The van der Waals surface area contributed by atoms with E-state index in [2.05, 4.69) is 11.9 Å². The summed E-state index contributed by atoms with van der Waals surface area (Å²) >= 11 is 0. The second-order valence-corrected chi connectivity index (χ2v) is 3.71. The molecule has 2 nitrogen and oxygen atoms in total. The molecular formula is C11H14FNO. The molecule has 0 fully saturated rings. The van der Waals surface area contributed by atoms with Crippen LogP contribution in [-0.4, -0.2) is 25.6 Å². The van der Waals surface area contributed by atoms with Crippen LogP contribution in [0.15, 0.2) is 12.1 Å². The fourth-order valence-corrected chi connectivity index (χ4v) is 1.96. The molecule has 14 heavy (non-hydrogen) atoms. The third kappa shape index (κ3) is 1.48. The molecule has 1 aromatic rings. The van der Waals surface area contributed by atoms with E-state index in [-0.39, 0.29) is 5.82 Å². The molecule has 0 radical (unpaired) electrons. The summed E-state index contributed by atoms with van der Waals surface area (Å²) in [5.41, 5.74) is 2.21. The first kappa shape index (κ1) is 9.46. The van der Waals surface area contributed by atoms with Crippen LogP contribution in [0.25, 0.3) is 0 Å². The Balaban J connectivity index is 2.47. The lowest BCUT2D eigenvalue weighted by molar-refractivity contribution is 0.303. The number of hydrogen-bond donors (Lipinski definition) is 0. The molecule has 1 aliphatic heterocycles. The first-order chi connectivity index (χ1) is 6.72. The van der Waals surface area contributed by atoms with E-state index in [0.717, 1.165) is 25.1 Å². The molecule has 0 saturated heterocycles. The topological polar surface area (TPSA) is 12.5 Å². The molecular weight excluding hydrogens is 181 g/mol. The van der Waals surface area contributed by atoms with Gasteiger partial charge in [-0.25, -0.2) is 4.39 Å². The van der Waals surface area contributed by atoms with Gasteiger partial charge in [-0.15, -0.1) is 0 Å². The van der Waals surface area contributed by atoms with E-state index >= 15 is 0 Å². The minimum atomic E-state index is -0.254. The number of likely N-dealkylation sites (N-methyl/N-ethyl adjacent to an activating group) is 1. The zero-order valence-electron chi connectivity index (χ0n) is 8.51. The van der Waals surface area contributed by atoms with Crippen LogP contribution in [0.5, 0.6) is 5.75 Å². The van der Waals surface area contributed by atoms with Gasteiger partial charge in [0.2, 0.25) is 0 Å². The molecule has 1 heterocycles. The van der Waals surface area contributed by atoms with Gasteiger partial charge in [0, 0.05) is 18.7 Å². The molecule has 3 heteroatoms. The summed E-state index contributed by atoms with van der Waals surface area (Å²) in [5.74, 6) is 0.173. The van der Waals surface area contributed by atoms with Crippen LogP contribution in [0.3, 0.4) is 0 Å². The van der Waals surface area contributed by atoms with Crippen LogP contribution < -0.4 is 4.74 Å². The zero-order valence-corrected chi connectivity index (χ0v) is 8.51. The third-order valence-corrected chi connectivity index (χ3v) is 2.70. The number of benzene rings is 1. The Hall–Kier alpha value is -1.09. The lowest BCUT2D eigenvalue weighted by atomic mass is 9.99. The number of ether oxygens (including phenoxy) is 1. The quantitative estimate of drug-likeness (QED) is 0.677. The highest BCUT2D eigenvalue weighted by molar-refractivity contribution is 5.42. The lowest BCUT2D eigenvalue weighted by Gasteiger charge is -2.26. The number of nitrogens with zero attached hydrogens (tertiary/aromatic N) is 1. The lowest BCUT2D eigenvalue weighted by Crippen LogP contribution is -2.27. The van der Waals surface area contributed by atoms with Crippen molar-refractivity contribution in [3.05, 3.63) is 29.1 Å². The standard InChI is InChI=1S/C11H14FNO/c1-13-6-5-9-8(7-13)3-4-10(12)11(9)14-2/h3-4H,5-7H2,1-2H3. The van der Waals surface area contributed by atoms with Gasteiger partial charge < -0.3 is 9.64 Å². The fraction of sp³-hybridized carbons (Fsp3) is 0.455. The van der Waals surface area contributed by atoms with E-state index < -0.39 is 0 Å². The van der Waals surface area contributed by atoms with Gasteiger partial charge in [-0.1, -0.05) is 6.07 Å². The molecule has 0 aromatic heterocycles. The van der Waals surface area contributed by atoms with Crippen molar-refractivity contribution in [2.24, 2.45) is 0 Å². The van der Waals surface area contributed by atoms with Crippen molar-refractivity contribution in [2.45, 2.75) is 13.0 Å². The molecule has 0 amide bonds. The SMILES string of the molecule is COc1c(F)ccc2c1CCN(C)C2. The predicted octanol–water partition coefficient (Wildman–Crippen LogP) is 1.82. The van der Waals surface area contributed by atoms with E-state index in [1.165, 1.54) is 18.7 Å². The van der Waals surface area contributed by atoms with Gasteiger partial charge in [0.05, 0.1) is 7.11 Å². The normalized spacial score (nSPS) is 16.5. The molecule has 0 N–H and O–H groups in total. The molecule has 1 aromatic carbocycles. The van der Waals surface area contributed by atoms with Crippen LogP contribution in [-0.2, 0) is 13.0 Å². The largest absolute Gasteiger partial charge is 0.493 e. The van der Waals surface area contributed by atoms with Gasteiger partial charge in [-0.3, -0.25) is 0 Å². The molecule has 0 spiro atoms. The second-order valence-electron chi connectivity index (χ2n) is 3.71. The molecule has 0 bridgehead atoms. The Morgan fingerprint density at radius 1 is 1.43 bits per heavy atom. The maximum absolute atomic E-state index is 13.3. The summed E-state index contributed by atoms with van der Waals surface area (Å²) in [7, 11) is 3.59. The van der Waals surface area contributed by atoms with E-state index in [4.69, 9.17) is 4.74 Å². The van der Waals surface area contributed by atoms with Crippen molar-refractivity contribution in [2.75, 3.05) is 20.7 Å². The van der Waals surface area contributed by atoms with Gasteiger partial charge in [0.1, 0.15) is 0 Å². The Bertz CT molecular complexity index is 351. The highest BCUT2D eigenvalue weighted by atomic mass is 19.1. The van der Waals surface area contributed by atoms with Crippen LogP contribution in [0.2, 0.25) is 0 Å². The third-order valence-electron chi connectivity index (χ3n) is 2.70. The number of hydrogen-bond acceptors (Lipinski definition) is 2. The van der Waals surface area contributed by atoms with Gasteiger partial charge in [0.15, 0.2) is 11.6 Å². The van der Waals surface area contributed by atoms with Gasteiger partial charge in [-0.05, 0) is 25.1 Å². The highest BCUT2D eigenvalue weighted by Crippen LogP contribution is 2.29. The summed E-state index contributed by atoms with van der Waals surface area (Å²) in [4.78, 5) is 2.22. The molecule has 0 atom stereocenters. The van der Waals surface area contributed by atoms with Crippen molar-refractivity contribution >= 4 is 0 Å². The van der Waals surface area contributed by atoms with E-state index in [0.29, 0.717) is 5.75 Å². The molecule has 0 unspecified atom stereocenters. The Morgan fingerprint density at radius 2 is 2.21 bits per heavy atom. The average Bonchev–Trinajstić information content (AvgIpc) is 2.18. The monoisotopic (exact) mass is 195 g/mol. The predicted molar refractivity (Wildman–Crippen MR) is 53.0 cm³/mol. The number of rotatable bonds is 1. The first-order valence-corrected chi connectivity index (χ1v) is 4.75. The Morgan fingerprint density at radius 3 is 2.93 bits per heavy atom. The van der Waals surface area contributed by atoms with Crippen LogP contribution in [0.1, 0.15) is 11.1 Å². The van der Waals surface area contributed by atoms with Crippen LogP contribution in [0.4, 0.5) is 4.39 Å². The molecule has 2 rings (SSSR count). The Kier molecular flexibility index (Phi) is 2.42. The van der Waals surface area contributed by atoms with E-state index in [1.807, 2.05) is 6.07 Å². The number of halogens is 1. The minimum Gasteiger partial charge on any atom is -0.493 e. The summed E-state index contributed by atoms with van der Waals surface area (Å²) in [5, 5.41) is 0. The number of fused-ring (bicyclic) bond motifs is 1. The average molecular weight is 195 g/mol. The van der Waals surface area contributed by atoms with E-state index in [9.17, 15) is 4.39 Å². The summed E-state index contributed by atoms with van der Waals surface area (Å²) in [6, 6.07) is 3.33. The van der Waals surface area contributed by atoms with Crippen molar-refractivity contribution in [1.29, 1.82) is 0 Å². The molecule has 76 valence electrons. The first-order valence-electron chi connectivity index (χ1n) is 4.75. The summed E-state index contributed by atoms with van der Waals surface area (Å²) in [6.07, 6.45) is 0.868. The van der Waals surface area contributed by atoms with Crippen molar-refractivity contribution < 1.29 is 9.13 Å². The van der Waals surface area contributed by atoms with Crippen molar-refractivity contribution in [3.63, 3.8) is 0 Å². The maximum atomic E-state index is 13.3. The van der Waals surface area contributed by atoms with Gasteiger partial charge >= 0.3 is 0 Å². The molecule has 1 aliphatic rings. The maximum Gasteiger partial charge on any atom is 0.165 e. The molecule has 0 saturated carbocycles. The summed E-state index contributed by atoms with van der Waals surface area (Å²) < 4.78 is 18.4.